The Morgan fingerprint density at radius 1 is 1.20 bits per heavy atom. The van der Waals surface area contributed by atoms with Crippen LogP contribution in [0.5, 0.6) is 0 Å². The number of amides is 1. The van der Waals surface area contributed by atoms with Gasteiger partial charge < -0.3 is 19.4 Å². The third kappa shape index (κ3) is 5.22. The van der Waals surface area contributed by atoms with Crippen molar-refractivity contribution in [3.8, 4) is 0 Å². The summed E-state index contributed by atoms with van der Waals surface area (Å²) in [6.07, 6.45) is 2.32. The Labute approximate surface area is 173 Å². The SMILES string of the molecule is CCOC(=O)[C@@H]1CCCCN1C(=O)COC(=O)CCc1nc2ccccc2c(=O)[nH]1. The van der Waals surface area contributed by atoms with Gasteiger partial charge in [0.1, 0.15) is 11.9 Å². The molecule has 9 nitrogen and oxygen atoms in total. The number of nitrogens with zero attached hydrogens (tertiary/aromatic N) is 2. The zero-order valence-corrected chi connectivity index (χ0v) is 16.9. The minimum atomic E-state index is -0.628. The largest absolute Gasteiger partial charge is 0.464 e. The Kier molecular flexibility index (Phi) is 7.16. The molecule has 1 fully saturated rings. The maximum atomic E-state index is 12.5. The van der Waals surface area contributed by atoms with Gasteiger partial charge in [0, 0.05) is 13.0 Å². The van der Waals surface area contributed by atoms with Crippen LogP contribution in [0.25, 0.3) is 10.9 Å². The van der Waals surface area contributed by atoms with Crippen LogP contribution in [0.2, 0.25) is 0 Å². The summed E-state index contributed by atoms with van der Waals surface area (Å²) in [5, 5.41) is 0.479. The van der Waals surface area contributed by atoms with Gasteiger partial charge >= 0.3 is 11.9 Å². The number of likely N-dealkylation sites (tertiary alicyclic amines) is 1. The smallest absolute Gasteiger partial charge is 0.328 e. The van der Waals surface area contributed by atoms with Crippen molar-refractivity contribution in [1.29, 1.82) is 0 Å². The quantitative estimate of drug-likeness (QED) is 0.678. The minimum Gasteiger partial charge on any atom is -0.464 e. The Morgan fingerprint density at radius 3 is 2.80 bits per heavy atom. The van der Waals surface area contributed by atoms with Crippen molar-refractivity contribution in [3.05, 3.63) is 40.4 Å². The molecular formula is C21H25N3O6. The lowest BCUT2D eigenvalue weighted by molar-refractivity contribution is -0.160. The molecule has 0 saturated carbocycles. The van der Waals surface area contributed by atoms with Gasteiger partial charge in [0.15, 0.2) is 6.61 Å². The highest BCUT2D eigenvalue weighted by atomic mass is 16.5. The first-order valence-corrected chi connectivity index (χ1v) is 10.1. The van der Waals surface area contributed by atoms with E-state index in [-0.39, 0.29) is 25.0 Å². The number of fused-ring (bicyclic) bond motifs is 1. The summed E-state index contributed by atoms with van der Waals surface area (Å²) in [5.74, 6) is -1.05. The molecule has 1 atom stereocenters. The Morgan fingerprint density at radius 2 is 2.00 bits per heavy atom. The highest BCUT2D eigenvalue weighted by Gasteiger charge is 2.33. The molecule has 1 saturated heterocycles. The van der Waals surface area contributed by atoms with E-state index in [0.717, 1.165) is 12.8 Å². The third-order valence-electron chi connectivity index (χ3n) is 4.97. The molecule has 0 spiro atoms. The van der Waals surface area contributed by atoms with Gasteiger partial charge in [-0.1, -0.05) is 12.1 Å². The second-order valence-electron chi connectivity index (χ2n) is 7.04. The normalized spacial score (nSPS) is 16.3. The molecular weight excluding hydrogens is 390 g/mol. The molecule has 0 radical (unpaired) electrons. The van der Waals surface area contributed by atoms with E-state index in [1.807, 2.05) is 0 Å². The molecule has 0 aliphatic carbocycles. The van der Waals surface area contributed by atoms with Crippen molar-refractivity contribution in [1.82, 2.24) is 14.9 Å². The second-order valence-corrected chi connectivity index (χ2v) is 7.04. The Hall–Kier alpha value is -3.23. The predicted octanol–water partition coefficient (Wildman–Crippen LogP) is 1.34. The van der Waals surface area contributed by atoms with Crippen molar-refractivity contribution in [2.75, 3.05) is 19.8 Å². The lowest BCUT2D eigenvalue weighted by Crippen LogP contribution is -2.50. The number of benzene rings is 1. The van der Waals surface area contributed by atoms with Crippen LogP contribution in [0.3, 0.4) is 0 Å². The van der Waals surface area contributed by atoms with Crippen LogP contribution >= 0.6 is 0 Å². The summed E-state index contributed by atoms with van der Waals surface area (Å²) < 4.78 is 10.1. The fourth-order valence-corrected chi connectivity index (χ4v) is 3.48. The fourth-order valence-electron chi connectivity index (χ4n) is 3.48. The van der Waals surface area contributed by atoms with E-state index < -0.39 is 30.5 Å². The minimum absolute atomic E-state index is 0.0319. The van der Waals surface area contributed by atoms with Crippen LogP contribution < -0.4 is 5.56 Å². The Bertz CT molecular complexity index is 986. The van der Waals surface area contributed by atoms with Gasteiger partial charge in [-0.2, -0.15) is 0 Å². The van der Waals surface area contributed by atoms with Crippen LogP contribution in [-0.4, -0.2) is 58.5 Å². The number of carbonyl (C=O) groups is 3. The average Bonchev–Trinajstić information content (AvgIpc) is 2.76. The van der Waals surface area contributed by atoms with Gasteiger partial charge in [-0.3, -0.25) is 14.4 Å². The number of carbonyl (C=O) groups excluding carboxylic acids is 3. The van der Waals surface area contributed by atoms with Crippen LogP contribution in [0, 0.1) is 0 Å². The molecule has 2 heterocycles. The standard InChI is InChI=1S/C21H25N3O6/c1-2-29-21(28)16-9-5-6-12-24(16)18(25)13-30-19(26)11-10-17-22-15-8-4-3-7-14(15)20(27)23-17/h3-4,7-8,16H,2,5-6,9-13H2,1H3,(H,22,23,27)/t16-/m0/s1. The van der Waals surface area contributed by atoms with Crippen LogP contribution in [0.1, 0.15) is 38.4 Å². The molecule has 3 rings (SSSR count). The van der Waals surface area contributed by atoms with Crippen molar-refractivity contribution in [2.24, 2.45) is 0 Å². The summed E-state index contributed by atoms with van der Waals surface area (Å²) in [4.78, 5) is 57.1. The number of esters is 2. The topological polar surface area (TPSA) is 119 Å². The second kappa shape index (κ2) is 10.00. The monoisotopic (exact) mass is 415 g/mol. The van der Waals surface area contributed by atoms with E-state index in [9.17, 15) is 19.2 Å². The molecule has 0 bridgehead atoms. The number of piperidine rings is 1. The highest BCUT2D eigenvalue weighted by Crippen LogP contribution is 2.18. The van der Waals surface area contributed by atoms with E-state index >= 15 is 0 Å². The van der Waals surface area contributed by atoms with E-state index in [2.05, 4.69) is 9.97 Å². The van der Waals surface area contributed by atoms with Gasteiger partial charge in [0.25, 0.3) is 11.5 Å². The van der Waals surface area contributed by atoms with E-state index in [4.69, 9.17) is 9.47 Å². The first-order chi connectivity index (χ1) is 14.5. The molecule has 30 heavy (non-hydrogen) atoms. The number of para-hydroxylation sites is 1. The molecule has 160 valence electrons. The summed E-state index contributed by atoms with van der Waals surface area (Å²) >= 11 is 0. The van der Waals surface area contributed by atoms with Crippen molar-refractivity contribution >= 4 is 28.7 Å². The number of aryl methyl sites for hydroxylation is 1. The first kappa shape index (κ1) is 21.5. The number of H-pyrrole nitrogens is 1. The third-order valence-corrected chi connectivity index (χ3v) is 4.97. The number of ether oxygens (including phenoxy) is 2. The van der Waals surface area contributed by atoms with Gasteiger partial charge in [-0.15, -0.1) is 0 Å². The lowest BCUT2D eigenvalue weighted by atomic mass is 10.0. The summed E-state index contributed by atoms with van der Waals surface area (Å²) in [7, 11) is 0. The maximum absolute atomic E-state index is 12.5. The number of hydrogen-bond donors (Lipinski definition) is 1. The number of hydrogen-bond acceptors (Lipinski definition) is 7. The zero-order chi connectivity index (χ0) is 21.5. The molecule has 1 aliphatic heterocycles. The summed E-state index contributed by atoms with van der Waals surface area (Å²) in [5.41, 5.74) is 0.282. The van der Waals surface area contributed by atoms with Crippen LogP contribution in [0.15, 0.2) is 29.1 Å². The lowest BCUT2D eigenvalue weighted by Gasteiger charge is -2.33. The van der Waals surface area contributed by atoms with Crippen LogP contribution in [-0.2, 0) is 30.3 Å². The van der Waals surface area contributed by atoms with Gasteiger partial charge in [0.05, 0.1) is 23.9 Å². The maximum Gasteiger partial charge on any atom is 0.328 e. The van der Waals surface area contributed by atoms with Crippen molar-refractivity contribution < 1.29 is 23.9 Å². The zero-order valence-electron chi connectivity index (χ0n) is 16.9. The van der Waals surface area contributed by atoms with Gasteiger partial charge in [-0.05, 0) is 38.3 Å². The molecule has 9 heteroatoms. The van der Waals surface area contributed by atoms with Crippen molar-refractivity contribution in [3.63, 3.8) is 0 Å². The fraction of sp³-hybridized carbons (Fsp3) is 0.476. The number of rotatable bonds is 7. The van der Waals surface area contributed by atoms with Crippen molar-refractivity contribution in [2.45, 2.75) is 45.1 Å². The van der Waals surface area contributed by atoms with Gasteiger partial charge in [0.2, 0.25) is 0 Å². The molecule has 1 aromatic heterocycles. The molecule has 0 unspecified atom stereocenters. The van der Waals surface area contributed by atoms with E-state index in [0.29, 0.717) is 29.7 Å². The molecule has 1 amide bonds. The molecule has 1 N–H and O–H groups in total. The van der Waals surface area contributed by atoms with Crippen LogP contribution in [0.4, 0.5) is 0 Å². The first-order valence-electron chi connectivity index (χ1n) is 10.1. The summed E-state index contributed by atoms with van der Waals surface area (Å²) in [6, 6.07) is 6.31. The number of aromatic nitrogens is 2. The highest BCUT2D eigenvalue weighted by molar-refractivity contribution is 5.86. The Balaban J connectivity index is 1.52. The average molecular weight is 415 g/mol. The summed E-state index contributed by atoms with van der Waals surface area (Å²) in [6.45, 7) is 1.96. The van der Waals surface area contributed by atoms with Gasteiger partial charge in [-0.25, -0.2) is 9.78 Å². The molecule has 2 aromatic rings. The van der Waals surface area contributed by atoms with E-state index in [1.54, 1.807) is 31.2 Å². The molecule has 1 aromatic carbocycles. The predicted molar refractivity (Wildman–Crippen MR) is 108 cm³/mol. The number of aromatic amines is 1. The van der Waals surface area contributed by atoms with E-state index in [1.165, 1.54) is 4.90 Å². The molecule has 1 aliphatic rings. The number of nitrogens with one attached hydrogen (secondary N) is 1.